The number of para-hydroxylation sites is 1. The molecule has 1 heterocycles. The van der Waals surface area contributed by atoms with E-state index in [2.05, 4.69) is 41.9 Å². The highest BCUT2D eigenvalue weighted by molar-refractivity contribution is 9.13. The molecule has 42 heavy (non-hydrogen) atoms. The van der Waals surface area contributed by atoms with Gasteiger partial charge in [-0.15, -0.1) is 0 Å². The normalized spacial score (nSPS) is 11.8. The van der Waals surface area contributed by atoms with Crippen LogP contribution >= 0.6 is 31.9 Å². The van der Waals surface area contributed by atoms with Crippen LogP contribution < -0.4 is 15.0 Å². The fourth-order valence-electron chi connectivity index (χ4n) is 4.20. The van der Waals surface area contributed by atoms with Crippen LogP contribution in [0.4, 0.5) is 13.2 Å². The van der Waals surface area contributed by atoms with Crippen molar-refractivity contribution in [3.8, 4) is 22.9 Å². The fraction of sp³-hybridized carbons (Fsp3) is 0.129. The molecule has 0 fully saturated rings. The summed E-state index contributed by atoms with van der Waals surface area (Å²) >= 11 is 7.14. The molecule has 5 rings (SSSR count). The number of fused-ring (bicyclic) bond motifs is 1. The van der Waals surface area contributed by atoms with Gasteiger partial charge >= 0.3 is 6.18 Å². The van der Waals surface area contributed by atoms with Crippen molar-refractivity contribution >= 4 is 49.0 Å². The Morgan fingerprint density at radius 1 is 0.929 bits per heavy atom. The molecular weight excluding hydrogens is 679 g/mol. The minimum absolute atomic E-state index is 0.0379. The maximum atomic E-state index is 13.5. The van der Waals surface area contributed by atoms with Crippen LogP contribution in [0, 0.1) is 0 Å². The van der Waals surface area contributed by atoms with E-state index in [1.807, 2.05) is 37.3 Å². The first kappa shape index (κ1) is 29.5. The highest BCUT2D eigenvalue weighted by Gasteiger charge is 2.31. The zero-order valence-corrected chi connectivity index (χ0v) is 25.2. The summed E-state index contributed by atoms with van der Waals surface area (Å²) in [6.45, 7) is 2.50. The first-order valence-electron chi connectivity index (χ1n) is 12.7. The summed E-state index contributed by atoms with van der Waals surface area (Å²) in [5.41, 5.74) is 0.518. The molecule has 0 aliphatic rings. The number of hydrogen-bond donors (Lipinski definition) is 0. The van der Waals surface area contributed by atoms with Crippen LogP contribution in [0.15, 0.2) is 104 Å². The third-order valence-electron chi connectivity index (χ3n) is 6.20. The molecule has 11 heteroatoms. The second kappa shape index (κ2) is 12.5. The lowest BCUT2D eigenvalue weighted by Gasteiger charge is -2.16. The summed E-state index contributed by atoms with van der Waals surface area (Å²) in [4.78, 5) is 18.1. The Labute approximate surface area is 255 Å². The Morgan fingerprint density at radius 3 is 2.40 bits per heavy atom. The maximum absolute atomic E-state index is 13.5. The van der Waals surface area contributed by atoms with Crippen molar-refractivity contribution in [2.24, 2.45) is 5.10 Å². The Morgan fingerprint density at radius 2 is 1.67 bits per heavy atom. The van der Waals surface area contributed by atoms with Crippen LogP contribution in [0.3, 0.4) is 0 Å². The van der Waals surface area contributed by atoms with Crippen molar-refractivity contribution in [2.75, 3.05) is 6.61 Å². The quantitative estimate of drug-likeness (QED) is 0.152. The molecule has 0 amide bonds. The van der Waals surface area contributed by atoms with E-state index in [1.54, 1.807) is 30.3 Å². The van der Waals surface area contributed by atoms with Crippen molar-refractivity contribution in [2.45, 2.75) is 19.7 Å². The lowest BCUT2D eigenvalue weighted by atomic mass is 10.1. The first-order chi connectivity index (χ1) is 20.2. The van der Waals surface area contributed by atoms with Crippen molar-refractivity contribution in [1.29, 1.82) is 0 Å². The number of alkyl halides is 3. The summed E-state index contributed by atoms with van der Waals surface area (Å²) in [6, 6.07) is 22.6. The van der Waals surface area contributed by atoms with Crippen LogP contribution in [0.2, 0.25) is 0 Å². The molecule has 5 aromatic rings. The molecule has 0 spiro atoms. The Bertz CT molecular complexity index is 1840. The Hall–Kier alpha value is -3.96. The number of hydrogen-bond acceptors (Lipinski definition) is 5. The first-order valence-corrected chi connectivity index (χ1v) is 14.3. The molecule has 0 saturated heterocycles. The van der Waals surface area contributed by atoms with Crippen LogP contribution in [0.25, 0.3) is 22.3 Å². The van der Waals surface area contributed by atoms with E-state index >= 15 is 0 Å². The molecule has 0 bridgehead atoms. The van der Waals surface area contributed by atoms with Gasteiger partial charge in [0.25, 0.3) is 5.56 Å². The minimum Gasteiger partial charge on any atom is -0.490 e. The summed E-state index contributed by atoms with van der Waals surface area (Å²) in [5.74, 6) is 0.870. The number of nitrogens with zero attached hydrogens (tertiary/aromatic N) is 3. The highest BCUT2D eigenvalue weighted by atomic mass is 79.9. The summed E-state index contributed by atoms with van der Waals surface area (Å²) < 4.78 is 54.6. The van der Waals surface area contributed by atoms with E-state index in [4.69, 9.17) is 9.47 Å². The van der Waals surface area contributed by atoms with E-state index in [1.165, 1.54) is 18.3 Å². The minimum atomic E-state index is -4.57. The standard InChI is InChI=1S/C31H22Br2F3N3O3/c1-2-41-25-16-21(26(32)27(33)28(25)42-18-19-9-4-3-5-10-19)17-37-39-29(20-11-8-12-22(15-20)31(34,35)36)38-24-14-7-6-13-23(24)30(39)40/h3-17H,2,18H2,1H3. The van der Waals surface area contributed by atoms with Crippen molar-refractivity contribution in [3.63, 3.8) is 0 Å². The topological polar surface area (TPSA) is 65.7 Å². The second-order valence-electron chi connectivity index (χ2n) is 9.02. The molecule has 0 N–H and O–H groups in total. The molecule has 0 aliphatic heterocycles. The monoisotopic (exact) mass is 699 g/mol. The number of benzene rings is 4. The molecule has 6 nitrogen and oxygen atoms in total. The summed E-state index contributed by atoms with van der Waals surface area (Å²) in [6.07, 6.45) is -3.16. The zero-order valence-electron chi connectivity index (χ0n) is 22.0. The van der Waals surface area contributed by atoms with Crippen LogP contribution in [-0.2, 0) is 12.8 Å². The van der Waals surface area contributed by atoms with Gasteiger partial charge in [-0.3, -0.25) is 4.79 Å². The number of halogens is 5. The SMILES string of the molecule is CCOc1cc(C=Nn2c(-c3cccc(C(F)(F)F)c3)nc3ccccc3c2=O)c(Br)c(Br)c1OCc1ccccc1. The van der Waals surface area contributed by atoms with Gasteiger partial charge in [-0.25, -0.2) is 4.98 Å². The smallest absolute Gasteiger partial charge is 0.416 e. The zero-order chi connectivity index (χ0) is 29.9. The fourth-order valence-corrected chi connectivity index (χ4v) is 5.13. The van der Waals surface area contributed by atoms with Gasteiger partial charge in [0.2, 0.25) is 0 Å². The van der Waals surface area contributed by atoms with Gasteiger partial charge in [0, 0.05) is 15.6 Å². The van der Waals surface area contributed by atoms with E-state index in [-0.39, 0.29) is 16.8 Å². The van der Waals surface area contributed by atoms with Gasteiger partial charge in [0.05, 0.1) is 33.8 Å². The molecule has 1 aromatic heterocycles. The van der Waals surface area contributed by atoms with Gasteiger partial charge in [-0.05, 0) is 74.7 Å². The molecule has 0 atom stereocenters. The lowest BCUT2D eigenvalue weighted by Crippen LogP contribution is -2.20. The van der Waals surface area contributed by atoms with E-state index < -0.39 is 17.3 Å². The third-order valence-corrected chi connectivity index (χ3v) is 8.34. The third kappa shape index (κ3) is 6.27. The van der Waals surface area contributed by atoms with Crippen LogP contribution in [0.1, 0.15) is 23.6 Å². The van der Waals surface area contributed by atoms with E-state index in [0.29, 0.717) is 44.7 Å². The Balaban J connectivity index is 1.61. The largest absolute Gasteiger partial charge is 0.490 e. The molecule has 0 saturated carbocycles. The highest BCUT2D eigenvalue weighted by Crippen LogP contribution is 2.43. The van der Waals surface area contributed by atoms with E-state index in [0.717, 1.165) is 22.4 Å². The molecule has 0 aliphatic carbocycles. The summed E-state index contributed by atoms with van der Waals surface area (Å²) in [5, 5.41) is 4.68. The molecular formula is C31H22Br2F3N3O3. The van der Waals surface area contributed by atoms with Crippen molar-refractivity contribution in [1.82, 2.24) is 9.66 Å². The number of rotatable bonds is 8. The molecule has 4 aromatic carbocycles. The summed E-state index contributed by atoms with van der Waals surface area (Å²) in [7, 11) is 0. The number of aromatic nitrogens is 2. The predicted molar refractivity (Wildman–Crippen MR) is 163 cm³/mol. The second-order valence-corrected chi connectivity index (χ2v) is 10.6. The van der Waals surface area contributed by atoms with Gasteiger partial charge in [0.15, 0.2) is 17.3 Å². The lowest BCUT2D eigenvalue weighted by molar-refractivity contribution is -0.137. The number of ether oxygens (including phenoxy) is 2. The Kier molecular flexibility index (Phi) is 8.79. The van der Waals surface area contributed by atoms with Gasteiger partial charge in [0.1, 0.15) is 6.61 Å². The van der Waals surface area contributed by atoms with Crippen molar-refractivity contribution in [3.05, 3.63) is 121 Å². The maximum Gasteiger partial charge on any atom is 0.416 e. The van der Waals surface area contributed by atoms with Gasteiger partial charge in [-0.2, -0.15) is 22.9 Å². The van der Waals surface area contributed by atoms with Crippen LogP contribution in [-0.4, -0.2) is 22.5 Å². The van der Waals surface area contributed by atoms with Crippen molar-refractivity contribution < 1.29 is 22.6 Å². The average Bonchev–Trinajstić information content (AvgIpc) is 2.99. The molecule has 0 unspecified atom stereocenters. The van der Waals surface area contributed by atoms with Gasteiger partial charge in [-0.1, -0.05) is 54.6 Å². The average molecular weight is 701 g/mol. The van der Waals surface area contributed by atoms with Gasteiger partial charge < -0.3 is 9.47 Å². The predicted octanol–water partition coefficient (Wildman–Crippen LogP) is 8.47. The molecule has 214 valence electrons. The van der Waals surface area contributed by atoms with E-state index in [9.17, 15) is 18.0 Å². The van der Waals surface area contributed by atoms with Crippen LogP contribution in [0.5, 0.6) is 11.5 Å². The molecule has 0 radical (unpaired) electrons.